The summed E-state index contributed by atoms with van der Waals surface area (Å²) in [4.78, 5) is 22.4. The molecule has 1 aliphatic rings. The molecule has 1 aliphatic heterocycles. The zero-order valence-electron chi connectivity index (χ0n) is 19.1. The minimum atomic E-state index is -0.499. The lowest BCUT2D eigenvalue weighted by Gasteiger charge is -2.33. The van der Waals surface area contributed by atoms with Crippen LogP contribution >= 0.6 is 0 Å². The Bertz CT molecular complexity index is 1100. The van der Waals surface area contributed by atoms with E-state index in [1.54, 1.807) is 41.7 Å². The average Bonchev–Trinajstić information content (AvgIpc) is 3.27. The van der Waals surface area contributed by atoms with Gasteiger partial charge in [0.1, 0.15) is 29.1 Å². The van der Waals surface area contributed by atoms with Crippen molar-refractivity contribution in [3.8, 4) is 22.7 Å². The van der Waals surface area contributed by atoms with Crippen LogP contribution in [0.2, 0.25) is 0 Å². The van der Waals surface area contributed by atoms with E-state index in [0.29, 0.717) is 48.3 Å². The summed E-state index contributed by atoms with van der Waals surface area (Å²) in [6, 6.07) is 6.45. The number of para-hydroxylation sites is 1. The SMILES string of the molecule is CC(C)(C)OC(=O)N1CCC(COc2cncnc2-c2cnn(-c3ccccc3F)c2)CC1. The number of likely N-dealkylation sites (tertiary alicyclic amines) is 1. The maximum absolute atomic E-state index is 14.1. The van der Waals surface area contributed by atoms with Crippen molar-refractivity contribution < 1.29 is 18.7 Å². The van der Waals surface area contributed by atoms with Crippen LogP contribution in [0, 0.1) is 11.7 Å². The molecule has 0 saturated carbocycles. The van der Waals surface area contributed by atoms with Gasteiger partial charge in [0.25, 0.3) is 0 Å². The number of rotatable bonds is 5. The number of benzene rings is 1. The van der Waals surface area contributed by atoms with Gasteiger partial charge in [-0.1, -0.05) is 12.1 Å². The summed E-state index contributed by atoms with van der Waals surface area (Å²) in [6.07, 6.45) is 7.79. The first-order chi connectivity index (χ1) is 15.8. The summed E-state index contributed by atoms with van der Waals surface area (Å²) >= 11 is 0. The van der Waals surface area contributed by atoms with Gasteiger partial charge < -0.3 is 14.4 Å². The Hall–Kier alpha value is -3.49. The number of hydrogen-bond acceptors (Lipinski definition) is 6. The molecule has 1 saturated heterocycles. The molecular weight excluding hydrogens is 425 g/mol. The summed E-state index contributed by atoms with van der Waals surface area (Å²) in [5, 5.41) is 4.28. The van der Waals surface area contributed by atoms with Crippen LogP contribution in [-0.2, 0) is 4.74 Å². The number of hydrogen-bond donors (Lipinski definition) is 0. The van der Waals surface area contributed by atoms with Gasteiger partial charge in [-0.3, -0.25) is 0 Å². The van der Waals surface area contributed by atoms with Crippen molar-refractivity contribution in [2.24, 2.45) is 5.92 Å². The third kappa shape index (κ3) is 5.66. The van der Waals surface area contributed by atoms with E-state index in [4.69, 9.17) is 9.47 Å². The summed E-state index contributed by atoms with van der Waals surface area (Å²) in [5.74, 6) is 0.488. The first-order valence-electron chi connectivity index (χ1n) is 11.0. The molecule has 8 nitrogen and oxygen atoms in total. The molecule has 9 heteroatoms. The molecule has 0 atom stereocenters. The second-order valence-electron chi connectivity index (χ2n) is 9.08. The molecule has 1 amide bonds. The second kappa shape index (κ2) is 9.56. The highest BCUT2D eigenvalue weighted by atomic mass is 19.1. The summed E-state index contributed by atoms with van der Waals surface area (Å²) in [6.45, 7) is 7.36. The van der Waals surface area contributed by atoms with Crippen LogP contribution in [0.3, 0.4) is 0 Å². The smallest absolute Gasteiger partial charge is 0.410 e. The molecule has 2 aromatic heterocycles. The first kappa shape index (κ1) is 22.7. The van der Waals surface area contributed by atoms with Gasteiger partial charge in [0, 0.05) is 24.8 Å². The molecule has 0 unspecified atom stereocenters. The number of carbonyl (C=O) groups excluding carboxylic acids is 1. The van der Waals surface area contributed by atoms with Gasteiger partial charge in [-0.15, -0.1) is 0 Å². The van der Waals surface area contributed by atoms with Gasteiger partial charge in [0.05, 0.1) is 19.0 Å². The van der Waals surface area contributed by atoms with E-state index in [1.165, 1.54) is 17.1 Å². The van der Waals surface area contributed by atoms with Crippen molar-refractivity contribution in [3.05, 3.63) is 55.0 Å². The Morgan fingerprint density at radius 2 is 1.94 bits per heavy atom. The van der Waals surface area contributed by atoms with Crippen molar-refractivity contribution in [2.75, 3.05) is 19.7 Å². The average molecular weight is 454 g/mol. The van der Waals surface area contributed by atoms with E-state index < -0.39 is 5.60 Å². The number of halogens is 1. The van der Waals surface area contributed by atoms with Crippen LogP contribution in [0.5, 0.6) is 5.75 Å². The third-order valence-electron chi connectivity index (χ3n) is 5.37. The Morgan fingerprint density at radius 1 is 1.18 bits per heavy atom. The van der Waals surface area contributed by atoms with Crippen LogP contribution in [-0.4, -0.2) is 56.0 Å². The molecule has 0 spiro atoms. The summed E-state index contributed by atoms with van der Waals surface area (Å²) in [5.41, 5.74) is 1.16. The molecule has 4 rings (SSSR count). The van der Waals surface area contributed by atoms with Crippen LogP contribution < -0.4 is 4.74 Å². The number of ether oxygens (including phenoxy) is 2. The molecule has 174 valence electrons. The molecule has 0 radical (unpaired) electrons. The van der Waals surface area contributed by atoms with E-state index in [9.17, 15) is 9.18 Å². The van der Waals surface area contributed by atoms with Gasteiger partial charge in [-0.05, 0) is 51.7 Å². The fourth-order valence-electron chi connectivity index (χ4n) is 3.67. The summed E-state index contributed by atoms with van der Waals surface area (Å²) in [7, 11) is 0. The lowest BCUT2D eigenvalue weighted by molar-refractivity contribution is 0.0165. The van der Waals surface area contributed by atoms with Crippen molar-refractivity contribution in [1.82, 2.24) is 24.6 Å². The molecule has 0 bridgehead atoms. The van der Waals surface area contributed by atoms with Crippen molar-refractivity contribution in [2.45, 2.75) is 39.2 Å². The van der Waals surface area contributed by atoms with Gasteiger partial charge >= 0.3 is 6.09 Å². The van der Waals surface area contributed by atoms with Gasteiger partial charge in [-0.25, -0.2) is 23.8 Å². The fraction of sp³-hybridized carbons (Fsp3) is 0.417. The standard InChI is InChI=1S/C24H28FN5O3/c1-24(2,3)33-23(31)29-10-8-17(9-11-29)15-32-21-13-26-16-27-22(21)18-12-28-30(14-18)20-7-5-4-6-19(20)25/h4-7,12-14,16-17H,8-11,15H2,1-3H3. The van der Waals surface area contributed by atoms with E-state index >= 15 is 0 Å². The Balaban J connectivity index is 1.38. The Morgan fingerprint density at radius 3 is 2.67 bits per heavy atom. The lowest BCUT2D eigenvalue weighted by atomic mass is 9.98. The van der Waals surface area contributed by atoms with E-state index in [1.807, 2.05) is 20.8 Å². The molecule has 1 fully saturated rings. The number of piperidine rings is 1. The van der Waals surface area contributed by atoms with Gasteiger partial charge in [0.2, 0.25) is 0 Å². The molecule has 0 N–H and O–H groups in total. The third-order valence-corrected chi connectivity index (χ3v) is 5.37. The molecular formula is C24H28FN5O3. The molecule has 1 aromatic carbocycles. The first-order valence-corrected chi connectivity index (χ1v) is 11.0. The monoisotopic (exact) mass is 453 g/mol. The normalized spacial score (nSPS) is 14.8. The highest BCUT2D eigenvalue weighted by Gasteiger charge is 2.27. The fourth-order valence-corrected chi connectivity index (χ4v) is 3.67. The van der Waals surface area contributed by atoms with Gasteiger partial charge in [-0.2, -0.15) is 5.10 Å². The van der Waals surface area contributed by atoms with Gasteiger partial charge in [0.15, 0.2) is 5.75 Å². The number of amides is 1. The van der Waals surface area contributed by atoms with Crippen LogP contribution in [0.4, 0.5) is 9.18 Å². The number of nitrogens with zero attached hydrogens (tertiary/aromatic N) is 5. The maximum Gasteiger partial charge on any atom is 0.410 e. The van der Waals surface area contributed by atoms with E-state index in [-0.39, 0.29) is 11.9 Å². The largest absolute Gasteiger partial charge is 0.489 e. The highest BCUT2D eigenvalue weighted by molar-refractivity contribution is 5.68. The lowest BCUT2D eigenvalue weighted by Crippen LogP contribution is -2.42. The second-order valence-corrected chi connectivity index (χ2v) is 9.08. The topological polar surface area (TPSA) is 82.4 Å². The van der Waals surface area contributed by atoms with Crippen molar-refractivity contribution in [1.29, 1.82) is 0 Å². The maximum atomic E-state index is 14.1. The van der Waals surface area contributed by atoms with Crippen LogP contribution in [0.25, 0.3) is 16.9 Å². The van der Waals surface area contributed by atoms with Crippen LogP contribution in [0.1, 0.15) is 33.6 Å². The Kier molecular flexibility index (Phi) is 6.57. The van der Waals surface area contributed by atoms with E-state index in [0.717, 1.165) is 12.8 Å². The van der Waals surface area contributed by atoms with Crippen LogP contribution in [0.15, 0.2) is 49.2 Å². The Labute approximate surface area is 192 Å². The zero-order chi connectivity index (χ0) is 23.4. The predicted molar refractivity (Wildman–Crippen MR) is 121 cm³/mol. The highest BCUT2D eigenvalue weighted by Crippen LogP contribution is 2.29. The number of aromatic nitrogens is 4. The molecule has 0 aliphatic carbocycles. The minimum absolute atomic E-state index is 0.271. The van der Waals surface area contributed by atoms with Crippen molar-refractivity contribution in [3.63, 3.8) is 0 Å². The van der Waals surface area contributed by atoms with Crippen molar-refractivity contribution >= 4 is 6.09 Å². The molecule has 3 aromatic rings. The molecule has 33 heavy (non-hydrogen) atoms. The minimum Gasteiger partial charge on any atom is -0.489 e. The summed E-state index contributed by atoms with van der Waals surface area (Å²) < 4.78 is 27.1. The predicted octanol–water partition coefficient (Wildman–Crippen LogP) is 4.49. The number of carbonyl (C=O) groups is 1. The molecule has 3 heterocycles. The zero-order valence-corrected chi connectivity index (χ0v) is 19.1. The quantitative estimate of drug-likeness (QED) is 0.566. The van der Waals surface area contributed by atoms with E-state index in [2.05, 4.69) is 15.1 Å².